The Hall–Kier alpha value is -1.06. The summed E-state index contributed by atoms with van der Waals surface area (Å²) in [6.45, 7) is 5.82. The number of nitrogens with zero attached hydrogens (tertiary/aromatic N) is 2. The van der Waals surface area contributed by atoms with Crippen molar-refractivity contribution >= 4 is 5.69 Å². The Labute approximate surface area is 116 Å². The molecule has 104 valence electrons. The summed E-state index contributed by atoms with van der Waals surface area (Å²) < 4.78 is 0. The van der Waals surface area contributed by atoms with E-state index < -0.39 is 0 Å². The maximum absolute atomic E-state index is 3.65. The van der Waals surface area contributed by atoms with Crippen molar-refractivity contribution in [3.05, 3.63) is 29.8 Å². The van der Waals surface area contributed by atoms with Crippen molar-refractivity contribution in [1.82, 2.24) is 10.2 Å². The van der Waals surface area contributed by atoms with Gasteiger partial charge in [0.2, 0.25) is 0 Å². The standard InChI is InChI=1S/C16H25N3/c1-18-9-11-19(12-10-18)15-6-4-5-14(13-15)16-7-2-3-8-17-16/h4-6,13,16-17H,2-3,7-12H2,1H3. The van der Waals surface area contributed by atoms with Gasteiger partial charge in [0.1, 0.15) is 0 Å². The van der Waals surface area contributed by atoms with Gasteiger partial charge in [0, 0.05) is 37.9 Å². The number of nitrogens with one attached hydrogen (secondary N) is 1. The zero-order valence-corrected chi connectivity index (χ0v) is 11.9. The maximum Gasteiger partial charge on any atom is 0.0370 e. The monoisotopic (exact) mass is 259 g/mol. The Bertz CT molecular complexity index is 404. The Balaban J connectivity index is 1.72. The lowest BCUT2D eigenvalue weighted by Gasteiger charge is -2.34. The van der Waals surface area contributed by atoms with Crippen LogP contribution in [0.4, 0.5) is 5.69 Å². The summed E-state index contributed by atoms with van der Waals surface area (Å²) in [5, 5.41) is 3.65. The molecule has 19 heavy (non-hydrogen) atoms. The molecule has 3 heteroatoms. The van der Waals surface area contributed by atoms with E-state index in [0.29, 0.717) is 6.04 Å². The first-order chi connectivity index (χ1) is 9.33. The summed E-state index contributed by atoms with van der Waals surface area (Å²) in [6.07, 6.45) is 3.97. The number of piperidine rings is 1. The van der Waals surface area contributed by atoms with E-state index in [1.807, 2.05) is 0 Å². The van der Waals surface area contributed by atoms with Crippen LogP contribution in [0.1, 0.15) is 30.9 Å². The van der Waals surface area contributed by atoms with E-state index in [9.17, 15) is 0 Å². The predicted molar refractivity (Wildman–Crippen MR) is 80.7 cm³/mol. The molecule has 0 aliphatic carbocycles. The van der Waals surface area contributed by atoms with Gasteiger partial charge in [-0.05, 0) is 44.1 Å². The molecule has 3 rings (SSSR count). The molecule has 0 amide bonds. The molecule has 2 aliphatic rings. The summed E-state index contributed by atoms with van der Waals surface area (Å²) in [7, 11) is 2.21. The van der Waals surface area contributed by atoms with E-state index in [1.165, 1.54) is 50.1 Å². The van der Waals surface area contributed by atoms with E-state index in [0.717, 1.165) is 13.1 Å². The number of hydrogen-bond donors (Lipinski definition) is 1. The van der Waals surface area contributed by atoms with Gasteiger partial charge in [0.15, 0.2) is 0 Å². The van der Waals surface area contributed by atoms with Crippen LogP contribution in [0.2, 0.25) is 0 Å². The molecule has 3 nitrogen and oxygen atoms in total. The van der Waals surface area contributed by atoms with Crippen molar-refractivity contribution in [3.63, 3.8) is 0 Å². The summed E-state index contributed by atoms with van der Waals surface area (Å²) >= 11 is 0. The van der Waals surface area contributed by atoms with Gasteiger partial charge < -0.3 is 15.1 Å². The van der Waals surface area contributed by atoms with Crippen LogP contribution in [0.3, 0.4) is 0 Å². The fourth-order valence-corrected chi connectivity index (χ4v) is 3.14. The average molecular weight is 259 g/mol. The highest BCUT2D eigenvalue weighted by atomic mass is 15.2. The highest BCUT2D eigenvalue weighted by molar-refractivity contribution is 5.49. The number of benzene rings is 1. The fraction of sp³-hybridized carbons (Fsp3) is 0.625. The molecule has 0 saturated carbocycles. The average Bonchev–Trinajstić information content (AvgIpc) is 2.49. The van der Waals surface area contributed by atoms with E-state index in [1.54, 1.807) is 0 Å². The van der Waals surface area contributed by atoms with E-state index in [-0.39, 0.29) is 0 Å². The zero-order chi connectivity index (χ0) is 13.1. The molecule has 0 spiro atoms. The van der Waals surface area contributed by atoms with Crippen molar-refractivity contribution < 1.29 is 0 Å². The summed E-state index contributed by atoms with van der Waals surface area (Å²) in [5.74, 6) is 0. The van der Waals surface area contributed by atoms with Crippen LogP contribution in [0.15, 0.2) is 24.3 Å². The summed E-state index contributed by atoms with van der Waals surface area (Å²) in [6, 6.07) is 9.73. The Morgan fingerprint density at radius 2 is 1.95 bits per heavy atom. The lowest BCUT2D eigenvalue weighted by Crippen LogP contribution is -2.44. The molecule has 0 aromatic heterocycles. The Morgan fingerprint density at radius 1 is 1.11 bits per heavy atom. The van der Waals surface area contributed by atoms with Crippen molar-refractivity contribution in [3.8, 4) is 0 Å². The molecule has 1 aromatic rings. The smallest absolute Gasteiger partial charge is 0.0370 e. The van der Waals surface area contributed by atoms with Gasteiger partial charge in [-0.2, -0.15) is 0 Å². The highest BCUT2D eigenvalue weighted by Crippen LogP contribution is 2.26. The SMILES string of the molecule is CN1CCN(c2cccc(C3CCCCN3)c2)CC1. The van der Waals surface area contributed by atoms with Crippen LogP contribution < -0.4 is 10.2 Å². The third kappa shape index (κ3) is 3.10. The van der Waals surface area contributed by atoms with Crippen molar-refractivity contribution in [2.75, 3.05) is 44.7 Å². The van der Waals surface area contributed by atoms with Crippen LogP contribution in [0.25, 0.3) is 0 Å². The fourth-order valence-electron chi connectivity index (χ4n) is 3.14. The lowest BCUT2D eigenvalue weighted by atomic mass is 9.97. The Morgan fingerprint density at radius 3 is 2.68 bits per heavy atom. The van der Waals surface area contributed by atoms with Crippen molar-refractivity contribution in [2.24, 2.45) is 0 Å². The number of anilines is 1. The van der Waals surface area contributed by atoms with Crippen molar-refractivity contribution in [2.45, 2.75) is 25.3 Å². The molecular formula is C16H25N3. The van der Waals surface area contributed by atoms with E-state index in [4.69, 9.17) is 0 Å². The summed E-state index contributed by atoms with van der Waals surface area (Å²) in [5.41, 5.74) is 2.87. The molecule has 2 fully saturated rings. The second-order valence-electron chi connectivity index (χ2n) is 5.89. The van der Waals surface area contributed by atoms with Gasteiger partial charge >= 0.3 is 0 Å². The van der Waals surface area contributed by atoms with Crippen LogP contribution in [0.5, 0.6) is 0 Å². The predicted octanol–water partition coefficient (Wildman–Crippen LogP) is 2.25. The summed E-state index contributed by atoms with van der Waals surface area (Å²) in [4.78, 5) is 4.93. The van der Waals surface area contributed by atoms with Gasteiger partial charge in [-0.15, -0.1) is 0 Å². The maximum atomic E-state index is 3.65. The van der Waals surface area contributed by atoms with E-state index >= 15 is 0 Å². The molecule has 2 saturated heterocycles. The number of piperazine rings is 1. The van der Waals surface area contributed by atoms with Gasteiger partial charge in [0.05, 0.1) is 0 Å². The molecule has 2 heterocycles. The minimum Gasteiger partial charge on any atom is -0.369 e. The first-order valence-electron chi connectivity index (χ1n) is 7.60. The first-order valence-corrected chi connectivity index (χ1v) is 7.60. The van der Waals surface area contributed by atoms with Crippen LogP contribution in [-0.2, 0) is 0 Å². The zero-order valence-electron chi connectivity index (χ0n) is 11.9. The van der Waals surface area contributed by atoms with Gasteiger partial charge in [-0.1, -0.05) is 18.6 Å². The van der Waals surface area contributed by atoms with Crippen LogP contribution in [0, 0.1) is 0 Å². The van der Waals surface area contributed by atoms with Gasteiger partial charge in [-0.25, -0.2) is 0 Å². The Kier molecular flexibility index (Phi) is 4.04. The highest BCUT2D eigenvalue weighted by Gasteiger charge is 2.17. The first kappa shape index (κ1) is 12.9. The van der Waals surface area contributed by atoms with E-state index in [2.05, 4.69) is 46.4 Å². The van der Waals surface area contributed by atoms with Gasteiger partial charge in [-0.3, -0.25) is 0 Å². The largest absolute Gasteiger partial charge is 0.369 e. The number of hydrogen-bond acceptors (Lipinski definition) is 3. The third-order valence-electron chi connectivity index (χ3n) is 4.45. The second-order valence-corrected chi connectivity index (χ2v) is 5.89. The van der Waals surface area contributed by atoms with Crippen LogP contribution in [-0.4, -0.2) is 44.7 Å². The molecule has 2 aliphatic heterocycles. The topological polar surface area (TPSA) is 18.5 Å². The molecular weight excluding hydrogens is 234 g/mol. The minimum atomic E-state index is 0.571. The lowest BCUT2D eigenvalue weighted by molar-refractivity contribution is 0.313. The normalized spacial score (nSPS) is 25.5. The van der Waals surface area contributed by atoms with Crippen LogP contribution >= 0.6 is 0 Å². The minimum absolute atomic E-state index is 0.571. The van der Waals surface area contributed by atoms with Crippen molar-refractivity contribution in [1.29, 1.82) is 0 Å². The third-order valence-corrected chi connectivity index (χ3v) is 4.45. The number of rotatable bonds is 2. The van der Waals surface area contributed by atoms with Gasteiger partial charge in [0.25, 0.3) is 0 Å². The quantitative estimate of drug-likeness (QED) is 0.879. The molecule has 0 radical (unpaired) electrons. The molecule has 0 bridgehead atoms. The molecule has 1 unspecified atom stereocenters. The molecule has 1 aromatic carbocycles. The second kappa shape index (κ2) is 5.93. The number of likely N-dealkylation sites (N-methyl/N-ethyl adjacent to an activating group) is 1. The molecule has 1 N–H and O–H groups in total. The molecule has 1 atom stereocenters.